The minimum Gasteiger partial charge on any atom is -0.344 e. The first-order valence-corrected chi connectivity index (χ1v) is 6.84. The fourth-order valence-corrected chi connectivity index (χ4v) is 2.85. The fraction of sp³-hybridized carbons (Fsp3) is 0.429. The van der Waals surface area contributed by atoms with Gasteiger partial charge in [-0.3, -0.25) is 4.79 Å². The van der Waals surface area contributed by atoms with Gasteiger partial charge in [0.25, 0.3) is 5.91 Å². The Morgan fingerprint density at radius 2 is 2.18 bits per heavy atom. The van der Waals surface area contributed by atoms with Gasteiger partial charge in [-0.1, -0.05) is 0 Å². The van der Waals surface area contributed by atoms with E-state index in [1.165, 1.54) is 18.5 Å². The van der Waals surface area contributed by atoms with Gasteiger partial charge in [0.05, 0.1) is 17.4 Å². The second kappa shape index (κ2) is 7.76. The number of nitrogens with two attached hydrogens (primary N) is 1. The number of H-pyrrole nitrogens is 1. The van der Waals surface area contributed by atoms with Crippen molar-refractivity contribution in [2.75, 3.05) is 13.1 Å². The Bertz CT molecular complexity index is 649. The summed E-state index contributed by atoms with van der Waals surface area (Å²) >= 11 is 0. The topological polar surface area (TPSA) is 75.0 Å². The molecule has 1 unspecified atom stereocenters. The zero-order chi connectivity index (χ0) is 14.1. The third-order valence-electron chi connectivity index (χ3n) is 3.88. The highest BCUT2D eigenvalue weighted by Gasteiger charge is 2.28. The number of carbonyl (C=O) groups is 1. The van der Waals surface area contributed by atoms with E-state index in [2.05, 4.69) is 9.97 Å². The lowest BCUT2D eigenvalue weighted by Crippen LogP contribution is -2.47. The van der Waals surface area contributed by atoms with Crippen molar-refractivity contribution in [3.63, 3.8) is 0 Å². The lowest BCUT2D eigenvalue weighted by atomic mass is 10.0. The van der Waals surface area contributed by atoms with Gasteiger partial charge in [-0.2, -0.15) is 0 Å². The zero-order valence-corrected chi connectivity index (χ0v) is 13.6. The van der Waals surface area contributed by atoms with Crippen LogP contribution in [-0.4, -0.2) is 39.9 Å². The molecule has 1 aliphatic rings. The number of likely N-dealkylation sites (tertiary alicyclic amines) is 1. The van der Waals surface area contributed by atoms with E-state index < -0.39 is 5.82 Å². The molecule has 2 aromatic rings. The van der Waals surface area contributed by atoms with E-state index in [0.29, 0.717) is 29.7 Å². The highest BCUT2D eigenvalue weighted by Crippen LogP contribution is 2.23. The molecular weight excluding hydrogens is 330 g/mol. The van der Waals surface area contributed by atoms with Gasteiger partial charge in [0.15, 0.2) is 0 Å². The third kappa shape index (κ3) is 3.34. The quantitative estimate of drug-likeness (QED) is 0.875. The largest absolute Gasteiger partial charge is 0.344 e. The van der Waals surface area contributed by atoms with Gasteiger partial charge in [-0.15, -0.1) is 24.8 Å². The summed E-state index contributed by atoms with van der Waals surface area (Å²) in [7, 11) is 0. The van der Waals surface area contributed by atoms with E-state index in [0.717, 1.165) is 19.3 Å². The van der Waals surface area contributed by atoms with E-state index in [4.69, 9.17) is 5.73 Å². The number of aromatic amines is 1. The van der Waals surface area contributed by atoms with Crippen LogP contribution < -0.4 is 5.73 Å². The molecule has 1 aromatic carbocycles. The number of nitrogens with one attached hydrogen (secondary N) is 1. The number of carbonyl (C=O) groups excluding carboxylic acids is 1. The molecule has 3 rings (SSSR count). The van der Waals surface area contributed by atoms with Crippen molar-refractivity contribution in [3.8, 4) is 0 Å². The van der Waals surface area contributed by atoms with Crippen LogP contribution in [0.3, 0.4) is 0 Å². The Labute approximate surface area is 140 Å². The summed E-state index contributed by atoms with van der Waals surface area (Å²) in [6.07, 6.45) is 4.41. The highest BCUT2D eigenvalue weighted by atomic mass is 35.5. The molecule has 3 N–H and O–H groups in total. The summed E-state index contributed by atoms with van der Waals surface area (Å²) in [4.78, 5) is 21.4. The second-order valence-electron chi connectivity index (χ2n) is 5.14. The van der Waals surface area contributed by atoms with E-state index in [1.807, 2.05) is 0 Å². The minimum atomic E-state index is -0.439. The number of amides is 1. The van der Waals surface area contributed by atoms with Gasteiger partial charge in [0.2, 0.25) is 0 Å². The molecule has 0 bridgehead atoms. The predicted molar refractivity (Wildman–Crippen MR) is 88.3 cm³/mol. The Balaban J connectivity index is 0.00000121. The molecule has 1 atom stereocenters. The number of fused-ring (bicyclic) bond motifs is 1. The third-order valence-corrected chi connectivity index (χ3v) is 3.88. The van der Waals surface area contributed by atoms with Crippen LogP contribution in [0.5, 0.6) is 0 Å². The number of hydrogen-bond donors (Lipinski definition) is 2. The van der Waals surface area contributed by atoms with Gasteiger partial charge in [0, 0.05) is 19.1 Å². The monoisotopic (exact) mass is 348 g/mol. The van der Waals surface area contributed by atoms with Crippen molar-refractivity contribution in [2.24, 2.45) is 5.73 Å². The first kappa shape index (κ1) is 18.7. The molecular formula is C14H19Cl2FN4O. The number of halogens is 3. The molecule has 1 amide bonds. The van der Waals surface area contributed by atoms with Crippen molar-refractivity contribution in [1.82, 2.24) is 14.9 Å². The maximum atomic E-state index is 13.6. The zero-order valence-electron chi connectivity index (χ0n) is 11.9. The number of nitrogens with zero attached hydrogens (tertiary/aromatic N) is 2. The number of benzene rings is 1. The van der Waals surface area contributed by atoms with E-state index >= 15 is 0 Å². The van der Waals surface area contributed by atoms with E-state index in [1.54, 1.807) is 4.90 Å². The molecule has 122 valence electrons. The van der Waals surface area contributed by atoms with E-state index in [-0.39, 0.29) is 36.8 Å². The molecule has 0 radical (unpaired) electrons. The fourth-order valence-electron chi connectivity index (χ4n) is 2.85. The number of hydrogen-bond acceptors (Lipinski definition) is 3. The average molecular weight is 349 g/mol. The minimum absolute atomic E-state index is 0. The molecule has 5 nitrogen and oxygen atoms in total. The molecule has 2 heterocycles. The molecule has 8 heteroatoms. The van der Waals surface area contributed by atoms with Crippen LogP contribution >= 0.6 is 24.8 Å². The summed E-state index contributed by atoms with van der Waals surface area (Å²) in [5.41, 5.74) is 7.10. The first-order chi connectivity index (χ1) is 9.70. The van der Waals surface area contributed by atoms with Crippen molar-refractivity contribution in [2.45, 2.75) is 25.3 Å². The molecule has 0 spiro atoms. The maximum Gasteiger partial charge on any atom is 0.256 e. The standard InChI is InChI=1S/C14H17FN4O.2ClH/c15-9-5-11(13-12(6-9)17-8-18-13)14(20)19-4-2-1-3-10(19)7-16;;/h5-6,8,10H,1-4,7,16H2,(H,17,18);2*1H. The second-order valence-corrected chi connectivity index (χ2v) is 5.14. The first-order valence-electron chi connectivity index (χ1n) is 6.84. The highest BCUT2D eigenvalue weighted by molar-refractivity contribution is 6.05. The lowest BCUT2D eigenvalue weighted by molar-refractivity contribution is 0.0625. The van der Waals surface area contributed by atoms with Crippen molar-refractivity contribution < 1.29 is 9.18 Å². The normalized spacial score (nSPS) is 17.7. The maximum absolute atomic E-state index is 13.6. The Morgan fingerprint density at radius 1 is 1.41 bits per heavy atom. The summed E-state index contributed by atoms with van der Waals surface area (Å²) in [5.74, 6) is -0.622. The summed E-state index contributed by atoms with van der Waals surface area (Å²) in [5, 5.41) is 0. The van der Waals surface area contributed by atoms with Gasteiger partial charge in [0.1, 0.15) is 11.3 Å². The molecule has 1 fully saturated rings. The van der Waals surface area contributed by atoms with Gasteiger partial charge >= 0.3 is 0 Å². The van der Waals surface area contributed by atoms with Gasteiger partial charge in [-0.05, 0) is 31.4 Å². The van der Waals surface area contributed by atoms with Crippen LogP contribution in [0.15, 0.2) is 18.5 Å². The van der Waals surface area contributed by atoms with Crippen LogP contribution in [-0.2, 0) is 0 Å². The van der Waals surface area contributed by atoms with Gasteiger partial charge in [-0.25, -0.2) is 9.37 Å². The van der Waals surface area contributed by atoms with E-state index in [9.17, 15) is 9.18 Å². The van der Waals surface area contributed by atoms with Crippen LogP contribution in [0.2, 0.25) is 0 Å². The smallest absolute Gasteiger partial charge is 0.256 e. The van der Waals surface area contributed by atoms with Crippen LogP contribution in [0.1, 0.15) is 29.6 Å². The van der Waals surface area contributed by atoms with Crippen molar-refractivity contribution in [3.05, 3.63) is 29.8 Å². The Morgan fingerprint density at radius 3 is 2.91 bits per heavy atom. The molecule has 0 saturated carbocycles. The molecule has 1 aromatic heterocycles. The molecule has 1 aliphatic heterocycles. The number of rotatable bonds is 2. The Kier molecular flexibility index (Phi) is 6.59. The average Bonchev–Trinajstić information content (AvgIpc) is 2.93. The van der Waals surface area contributed by atoms with Crippen molar-refractivity contribution >= 4 is 41.8 Å². The number of imidazole rings is 1. The van der Waals surface area contributed by atoms with Crippen LogP contribution in [0.4, 0.5) is 4.39 Å². The molecule has 22 heavy (non-hydrogen) atoms. The molecule has 1 saturated heterocycles. The number of aromatic nitrogens is 2. The summed E-state index contributed by atoms with van der Waals surface area (Å²) < 4.78 is 13.6. The SMILES string of the molecule is Cl.Cl.NCC1CCCCN1C(=O)c1cc(F)cc2[nH]cnc12. The molecule has 0 aliphatic carbocycles. The summed E-state index contributed by atoms with van der Waals surface area (Å²) in [6.45, 7) is 1.11. The lowest BCUT2D eigenvalue weighted by Gasteiger charge is -2.35. The van der Waals surface area contributed by atoms with Gasteiger partial charge < -0.3 is 15.6 Å². The van der Waals surface area contributed by atoms with Crippen molar-refractivity contribution in [1.29, 1.82) is 0 Å². The Hall–Kier alpha value is -1.37. The summed E-state index contributed by atoms with van der Waals surface area (Å²) in [6, 6.07) is 2.64. The van der Waals surface area contributed by atoms with Crippen LogP contribution in [0, 0.1) is 5.82 Å². The predicted octanol–water partition coefficient (Wildman–Crippen LogP) is 2.50. The van der Waals surface area contributed by atoms with Crippen LogP contribution in [0.25, 0.3) is 11.0 Å². The number of piperidine rings is 1.